The van der Waals surface area contributed by atoms with Gasteiger partial charge in [0.25, 0.3) is 10.0 Å². The van der Waals surface area contributed by atoms with Gasteiger partial charge in [0.1, 0.15) is 12.6 Å². The highest BCUT2D eigenvalue weighted by Crippen LogP contribution is 2.30. The summed E-state index contributed by atoms with van der Waals surface area (Å²) in [4.78, 5) is 29.2. The summed E-state index contributed by atoms with van der Waals surface area (Å²) in [5, 5.41) is 3.69. The molecule has 224 valence electrons. The summed E-state index contributed by atoms with van der Waals surface area (Å²) in [5.41, 5.74) is 1.61. The SMILES string of the molecule is CCNC(=O)[C@@H](Cc1ccccc1)N(Cc1cccc(Cl)c1)C(=O)CN(c1cc(Cl)cc(Cl)c1)S(=O)(=O)c1ccccc1. The van der Waals surface area contributed by atoms with Gasteiger partial charge in [-0.1, -0.05) is 95.5 Å². The fraction of sp³-hybridized carbons (Fsp3) is 0.188. The molecule has 0 radical (unpaired) electrons. The van der Waals surface area contributed by atoms with E-state index in [1.165, 1.54) is 35.2 Å². The van der Waals surface area contributed by atoms with Gasteiger partial charge in [-0.15, -0.1) is 0 Å². The molecule has 2 amide bonds. The van der Waals surface area contributed by atoms with Crippen molar-refractivity contribution in [2.45, 2.75) is 30.8 Å². The Morgan fingerprint density at radius 2 is 1.37 bits per heavy atom. The molecule has 43 heavy (non-hydrogen) atoms. The van der Waals surface area contributed by atoms with Crippen molar-refractivity contribution in [1.29, 1.82) is 0 Å². The largest absolute Gasteiger partial charge is 0.355 e. The normalized spacial score (nSPS) is 11.9. The molecule has 0 saturated heterocycles. The maximum Gasteiger partial charge on any atom is 0.264 e. The van der Waals surface area contributed by atoms with Gasteiger partial charge in [-0.05, 0) is 60.5 Å². The zero-order valence-electron chi connectivity index (χ0n) is 23.3. The molecule has 0 aliphatic heterocycles. The van der Waals surface area contributed by atoms with Gasteiger partial charge in [0.05, 0.1) is 10.6 Å². The Morgan fingerprint density at radius 1 is 0.767 bits per heavy atom. The molecule has 1 N–H and O–H groups in total. The van der Waals surface area contributed by atoms with Crippen LogP contribution in [0.3, 0.4) is 0 Å². The number of nitrogens with zero attached hydrogens (tertiary/aromatic N) is 2. The first-order valence-electron chi connectivity index (χ1n) is 13.5. The second-order valence-corrected chi connectivity index (χ2v) is 12.9. The number of sulfonamides is 1. The Bertz CT molecular complexity index is 1650. The molecule has 0 aliphatic rings. The van der Waals surface area contributed by atoms with Crippen LogP contribution >= 0.6 is 34.8 Å². The molecule has 0 saturated carbocycles. The molecule has 7 nitrogen and oxygen atoms in total. The van der Waals surface area contributed by atoms with E-state index in [1.807, 2.05) is 30.3 Å². The molecule has 0 bridgehead atoms. The van der Waals surface area contributed by atoms with Gasteiger partial charge >= 0.3 is 0 Å². The topological polar surface area (TPSA) is 86.8 Å². The molecule has 4 rings (SSSR count). The van der Waals surface area contributed by atoms with Gasteiger partial charge in [0.2, 0.25) is 11.8 Å². The summed E-state index contributed by atoms with van der Waals surface area (Å²) in [5.74, 6) is -0.979. The zero-order chi connectivity index (χ0) is 31.0. The third-order valence-electron chi connectivity index (χ3n) is 6.61. The van der Waals surface area contributed by atoms with Crippen LogP contribution in [0.4, 0.5) is 5.69 Å². The number of carbonyl (C=O) groups excluding carboxylic acids is 2. The van der Waals surface area contributed by atoms with E-state index in [1.54, 1.807) is 49.4 Å². The van der Waals surface area contributed by atoms with Gasteiger partial charge in [-0.3, -0.25) is 13.9 Å². The van der Waals surface area contributed by atoms with Crippen molar-refractivity contribution in [3.05, 3.63) is 129 Å². The molecule has 0 aliphatic carbocycles. The Kier molecular flexibility index (Phi) is 11.1. The van der Waals surface area contributed by atoms with Crippen LogP contribution in [0.25, 0.3) is 0 Å². The number of hydrogen-bond acceptors (Lipinski definition) is 4. The van der Waals surface area contributed by atoms with Crippen LogP contribution in [-0.2, 0) is 32.6 Å². The van der Waals surface area contributed by atoms with E-state index in [-0.39, 0.29) is 39.5 Å². The Balaban J connectivity index is 1.81. The Labute approximate surface area is 267 Å². The third kappa shape index (κ3) is 8.51. The predicted octanol–water partition coefficient (Wildman–Crippen LogP) is 6.62. The second-order valence-electron chi connectivity index (χ2n) is 9.70. The molecule has 0 aromatic heterocycles. The number of hydrogen-bond donors (Lipinski definition) is 1. The van der Waals surface area contributed by atoms with Crippen LogP contribution in [0.1, 0.15) is 18.1 Å². The Morgan fingerprint density at radius 3 is 1.98 bits per heavy atom. The average Bonchev–Trinajstić information content (AvgIpc) is 2.98. The fourth-order valence-corrected chi connectivity index (χ4v) is 6.76. The number of carbonyl (C=O) groups is 2. The minimum absolute atomic E-state index is 0.00353. The van der Waals surface area contributed by atoms with E-state index in [9.17, 15) is 18.0 Å². The first-order valence-corrected chi connectivity index (χ1v) is 16.1. The lowest BCUT2D eigenvalue weighted by atomic mass is 10.0. The Hall–Kier alpha value is -3.56. The minimum atomic E-state index is -4.26. The van der Waals surface area contributed by atoms with Gasteiger partial charge in [-0.2, -0.15) is 0 Å². The summed E-state index contributed by atoms with van der Waals surface area (Å²) >= 11 is 18.8. The average molecular weight is 659 g/mol. The number of likely N-dealkylation sites (N-methyl/N-ethyl adjacent to an activating group) is 1. The van der Waals surface area contributed by atoms with Gasteiger partial charge in [0.15, 0.2) is 0 Å². The molecule has 0 spiro atoms. The van der Waals surface area contributed by atoms with Crippen molar-refractivity contribution in [2.75, 3.05) is 17.4 Å². The molecular weight excluding hydrogens is 629 g/mol. The molecule has 4 aromatic rings. The van der Waals surface area contributed by atoms with Crippen molar-refractivity contribution >= 4 is 62.3 Å². The van der Waals surface area contributed by atoms with Gasteiger partial charge in [0, 0.05) is 34.6 Å². The third-order valence-corrected chi connectivity index (χ3v) is 9.07. The minimum Gasteiger partial charge on any atom is -0.355 e. The van der Waals surface area contributed by atoms with E-state index in [0.717, 1.165) is 9.87 Å². The summed E-state index contributed by atoms with van der Waals surface area (Å²) in [6, 6.07) is 27.4. The lowest BCUT2D eigenvalue weighted by Gasteiger charge is -2.34. The highest BCUT2D eigenvalue weighted by Gasteiger charge is 2.34. The number of benzene rings is 4. The van der Waals surface area contributed by atoms with Crippen molar-refractivity contribution in [1.82, 2.24) is 10.2 Å². The molecule has 0 unspecified atom stereocenters. The standard InChI is InChI=1S/C32H30Cl3N3O4S/c1-2-36-32(40)30(17-23-10-5-3-6-11-23)37(21-24-12-9-13-25(33)16-24)31(39)22-38(28-19-26(34)18-27(35)20-28)43(41,42)29-14-7-4-8-15-29/h3-16,18-20,30H,2,17,21-22H2,1H3,(H,36,40)/t30-/m1/s1. The number of amides is 2. The lowest BCUT2D eigenvalue weighted by molar-refractivity contribution is -0.140. The van der Waals surface area contributed by atoms with Crippen molar-refractivity contribution in [3.63, 3.8) is 0 Å². The first-order chi connectivity index (χ1) is 20.6. The van der Waals surface area contributed by atoms with Gasteiger partial charge in [-0.25, -0.2) is 8.42 Å². The number of halogens is 3. The van der Waals surface area contributed by atoms with Crippen LogP contribution in [0.2, 0.25) is 15.1 Å². The molecule has 1 atom stereocenters. The molecule has 11 heteroatoms. The van der Waals surface area contributed by atoms with E-state index < -0.39 is 28.5 Å². The van der Waals surface area contributed by atoms with Crippen LogP contribution in [0.15, 0.2) is 108 Å². The summed E-state index contributed by atoms with van der Waals surface area (Å²) in [7, 11) is -4.26. The van der Waals surface area contributed by atoms with Crippen LogP contribution < -0.4 is 9.62 Å². The van der Waals surface area contributed by atoms with Crippen molar-refractivity contribution in [2.24, 2.45) is 0 Å². The predicted molar refractivity (Wildman–Crippen MR) is 172 cm³/mol. The van der Waals surface area contributed by atoms with E-state index in [2.05, 4.69) is 5.32 Å². The number of anilines is 1. The maximum absolute atomic E-state index is 14.3. The fourth-order valence-electron chi connectivity index (χ4n) is 4.61. The molecular formula is C32H30Cl3N3O4S. The first kappa shape index (κ1) is 32.4. The smallest absolute Gasteiger partial charge is 0.264 e. The lowest BCUT2D eigenvalue weighted by Crippen LogP contribution is -2.53. The highest BCUT2D eigenvalue weighted by molar-refractivity contribution is 7.92. The van der Waals surface area contributed by atoms with Crippen LogP contribution in [-0.4, -0.2) is 44.3 Å². The van der Waals surface area contributed by atoms with E-state index in [4.69, 9.17) is 34.8 Å². The summed E-state index contributed by atoms with van der Waals surface area (Å²) < 4.78 is 28.9. The van der Waals surface area contributed by atoms with Crippen LogP contribution in [0, 0.1) is 0 Å². The summed E-state index contributed by atoms with van der Waals surface area (Å²) in [6.45, 7) is 1.51. The van der Waals surface area contributed by atoms with Crippen molar-refractivity contribution < 1.29 is 18.0 Å². The van der Waals surface area contributed by atoms with Crippen molar-refractivity contribution in [3.8, 4) is 0 Å². The maximum atomic E-state index is 14.3. The molecule has 4 aromatic carbocycles. The molecule has 0 fully saturated rings. The van der Waals surface area contributed by atoms with Crippen LogP contribution in [0.5, 0.6) is 0 Å². The monoisotopic (exact) mass is 657 g/mol. The summed E-state index contributed by atoms with van der Waals surface area (Å²) in [6.07, 6.45) is 0.202. The van der Waals surface area contributed by atoms with E-state index in [0.29, 0.717) is 17.1 Å². The second kappa shape index (κ2) is 14.8. The number of nitrogens with one attached hydrogen (secondary N) is 1. The quantitative estimate of drug-likeness (QED) is 0.185. The highest BCUT2D eigenvalue weighted by atomic mass is 35.5. The molecule has 0 heterocycles. The van der Waals surface area contributed by atoms with Gasteiger partial charge < -0.3 is 10.2 Å². The number of rotatable bonds is 12. The zero-order valence-corrected chi connectivity index (χ0v) is 26.4. The van der Waals surface area contributed by atoms with E-state index >= 15 is 0 Å².